The molecule has 0 bridgehead atoms. The largest absolute Gasteiger partial charge is 0.356 e. The molecule has 3 heteroatoms. The molecule has 3 nitrogen and oxygen atoms in total. The molecule has 0 aliphatic carbocycles. The number of nitrogens with one attached hydrogen (secondary N) is 2. The van der Waals surface area contributed by atoms with E-state index in [4.69, 9.17) is 0 Å². The second-order valence-electron chi connectivity index (χ2n) is 5.51. The summed E-state index contributed by atoms with van der Waals surface area (Å²) >= 11 is 0. The third-order valence-electron chi connectivity index (χ3n) is 3.92. The van der Waals surface area contributed by atoms with Crippen molar-refractivity contribution in [3.63, 3.8) is 0 Å². The van der Waals surface area contributed by atoms with Gasteiger partial charge in [-0.05, 0) is 37.3 Å². The smallest absolute Gasteiger partial charge is 0.223 e. The van der Waals surface area contributed by atoms with Crippen LogP contribution in [0.25, 0.3) is 0 Å². The number of amides is 1. The van der Waals surface area contributed by atoms with Gasteiger partial charge >= 0.3 is 0 Å². The Morgan fingerprint density at radius 3 is 2.69 bits per heavy atom. The zero-order valence-electron chi connectivity index (χ0n) is 11.0. The Kier molecular flexibility index (Phi) is 5.26. The van der Waals surface area contributed by atoms with Gasteiger partial charge in [-0.15, -0.1) is 0 Å². The molecular weight excluding hydrogens is 200 g/mol. The Balaban J connectivity index is 2.30. The normalized spacial score (nSPS) is 27.8. The standard InChI is InChI=1S/C13H26N2O/c1-9(2)11(4)13(16)15-8-12-5-6-14-7-10(12)3/h9-12,14H,5-8H2,1-4H3,(H,15,16). The molecule has 1 saturated heterocycles. The van der Waals surface area contributed by atoms with E-state index in [1.165, 1.54) is 6.42 Å². The first-order valence-electron chi connectivity index (χ1n) is 6.50. The van der Waals surface area contributed by atoms with Gasteiger partial charge in [0.05, 0.1) is 0 Å². The SMILES string of the molecule is CC(C)C(C)C(=O)NCC1CCNCC1C. The van der Waals surface area contributed by atoms with E-state index in [0.29, 0.717) is 17.8 Å². The lowest BCUT2D eigenvalue weighted by molar-refractivity contribution is -0.126. The highest BCUT2D eigenvalue weighted by Crippen LogP contribution is 2.18. The Morgan fingerprint density at radius 1 is 1.44 bits per heavy atom. The molecule has 0 aromatic carbocycles. The number of hydrogen-bond acceptors (Lipinski definition) is 2. The van der Waals surface area contributed by atoms with Crippen LogP contribution >= 0.6 is 0 Å². The Hall–Kier alpha value is -0.570. The molecule has 0 saturated carbocycles. The lowest BCUT2D eigenvalue weighted by atomic mass is 9.87. The quantitative estimate of drug-likeness (QED) is 0.765. The molecule has 3 atom stereocenters. The van der Waals surface area contributed by atoms with E-state index in [0.717, 1.165) is 19.6 Å². The van der Waals surface area contributed by atoms with Crippen molar-refractivity contribution in [1.29, 1.82) is 0 Å². The molecule has 94 valence electrons. The van der Waals surface area contributed by atoms with Gasteiger partial charge in [-0.1, -0.05) is 27.7 Å². The molecule has 1 aliphatic heterocycles. The van der Waals surface area contributed by atoms with Crippen molar-refractivity contribution in [1.82, 2.24) is 10.6 Å². The summed E-state index contributed by atoms with van der Waals surface area (Å²) in [6, 6.07) is 0. The summed E-state index contributed by atoms with van der Waals surface area (Å²) in [7, 11) is 0. The maximum atomic E-state index is 11.8. The van der Waals surface area contributed by atoms with E-state index in [2.05, 4.69) is 31.4 Å². The molecule has 0 radical (unpaired) electrons. The number of piperidine rings is 1. The van der Waals surface area contributed by atoms with Crippen LogP contribution in [0.4, 0.5) is 0 Å². The van der Waals surface area contributed by atoms with Crippen LogP contribution in [0.2, 0.25) is 0 Å². The highest BCUT2D eigenvalue weighted by atomic mass is 16.1. The predicted molar refractivity (Wildman–Crippen MR) is 67.2 cm³/mol. The van der Waals surface area contributed by atoms with Crippen molar-refractivity contribution in [3.8, 4) is 0 Å². The van der Waals surface area contributed by atoms with Gasteiger partial charge in [0.1, 0.15) is 0 Å². The number of rotatable bonds is 4. The molecule has 1 rings (SSSR count). The summed E-state index contributed by atoms with van der Waals surface area (Å²) in [6.45, 7) is 11.5. The van der Waals surface area contributed by atoms with Crippen LogP contribution in [0, 0.1) is 23.7 Å². The molecule has 16 heavy (non-hydrogen) atoms. The van der Waals surface area contributed by atoms with E-state index in [1.807, 2.05) is 6.92 Å². The number of carbonyl (C=O) groups is 1. The molecule has 0 aromatic rings. The van der Waals surface area contributed by atoms with Gasteiger partial charge in [-0.3, -0.25) is 4.79 Å². The highest BCUT2D eigenvalue weighted by Gasteiger charge is 2.23. The molecule has 2 N–H and O–H groups in total. The first kappa shape index (κ1) is 13.5. The van der Waals surface area contributed by atoms with Crippen LogP contribution in [0.3, 0.4) is 0 Å². The van der Waals surface area contributed by atoms with Gasteiger partial charge in [0.2, 0.25) is 5.91 Å². The van der Waals surface area contributed by atoms with Crippen LogP contribution in [-0.2, 0) is 4.79 Å². The zero-order valence-corrected chi connectivity index (χ0v) is 11.0. The van der Waals surface area contributed by atoms with Crippen LogP contribution in [0.15, 0.2) is 0 Å². The van der Waals surface area contributed by atoms with E-state index < -0.39 is 0 Å². The average molecular weight is 226 g/mol. The van der Waals surface area contributed by atoms with Gasteiger partial charge < -0.3 is 10.6 Å². The van der Waals surface area contributed by atoms with Gasteiger partial charge in [0.15, 0.2) is 0 Å². The minimum atomic E-state index is 0.122. The van der Waals surface area contributed by atoms with Crippen molar-refractivity contribution < 1.29 is 4.79 Å². The van der Waals surface area contributed by atoms with Crippen LogP contribution in [0.1, 0.15) is 34.1 Å². The molecule has 1 aliphatic rings. The van der Waals surface area contributed by atoms with E-state index in [1.54, 1.807) is 0 Å². The van der Waals surface area contributed by atoms with Crippen molar-refractivity contribution >= 4 is 5.91 Å². The Bertz CT molecular complexity index is 228. The van der Waals surface area contributed by atoms with Gasteiger partial charge in [0, 0.05) is 12.5 Å². The third kappa shape index (κ3) is 3.78. The third-order valence-corrected chi connectivity index (χ3v) is 3.92. The molecule has 1 fully saturated rings. The summed E-state index contributed by atoms with van der Waals surface area (Å²) in [5.74, 6) is 2.07. The topological polar surface area (TPSA) is 41.1 Å². The molecule has 1 amide bonds. The fourth-order valence-corrected chi connectivity index (χ4v) is 2.07. The monoisotopic (exact) mass is 226 g/mol. The van der Waals surface area contributed by atoms with Crippen LogP contribution < -0.4 is 10.6 Å². The maximum Gasteiger partial charge on any atom is 0.223 e. The first-order chi connectivity index (χ1) is 7.52. The lowest BCUT2D eigenvalue weighted by Gasteiger charge is -2.30. The fraction of sp³-hybridized carbons (Fsp3) is 0.923. The second kappa shape index (κ2) is 6.24. The van der Waals surface area contributed by atoms with Crippen molar-refractivity contribution in [2.24, 2.45) is 23.7 Å². The maximum absolute atomic E-state index is 11.8. The van der Waals surface area contributed by atoms with Crippen molar-refractivity contribution in [3.05, 3.63) is 0 Å². The summed E-state index contributed by atoms with van der Waals surface area (Å²) < 4.78 is 0. The molecule has 0 aromatic heterocycles. The fourth-order valence-electron chi connectivity index (χ4n) is 2.07. The van der Waals surface area contributed by atoms with Gasteiger partial charge in [-0.25, -0.2) is 0 Å². The molecule has 1 heterocycles. The summed E-state index contributed by atoms with van der Waals surface area (Å²) in [5, 5.41) is 6.48. The van der Waals surface area contributed by atoms with E-state index in [9.17, 15) is 4.79 Å². The van der Waals surface area contributed by atoms with Crippen molar-refractivity contribution in [2.75, 3.05) is 19.6 Å². The zero-order chi connectivity index (χ0) is 12.1. The molecule has 3 unspecified atom stereocenters. The molecular formula is C13H26N2O. The van der Waals surface area contributed by atoms with Gasteiger partial charge in [-0.2, -0.15) is 0 Å². The highest BCUT2D eigenvalue weighted by molar-refractivity contribution is 5.78. The number of carbonyl (C=O) groups excluding carboxylic acids is 1. The summed E-state index contributed by atoms with van der Waals surface area (Å²) in [6.07, 6.45) is 1.18. The average Bonchev–Trinajstić information content (AvgIpc) is 2.26. The van der Waals surface area contributed by atoms with E-state index >= 15 is 0 Å². The number of hydrogen-bond donors (Lipinski definition) is 2. The van der Waals surface area contributed by atoms with Crippen LogP contribution in [-0.4, -0.2) is 25.5 Å². The Labute approximate surface area is 99.4 Å². The summed E-state index contributed by atoms with van der Waals surface area (Å²) in [4.78, 5) is 11.8. The predicted octanol–water partition coefficient (Wildman–Crippen LogP) is 1.64. The minimum Gasteiger partial charge on any atom is -0.356 e. The summed E-state index contributed by atoms with van der Waals surface area (Å²) in [5.41, 5.74) is 0. The van der Waals surface area contributed by atoms with E-state index in [-0.39, 0.29) is 11.8 Å². The van der Waals surface area contributed by atoms with Gasteiger partial charge in [0.25, 0.3) is 0 Å². The lowest BCUT2D eigenvalue weighted by Crippen LogP contribution is -2.42. The second-order valence-corrected chi connectivity index (χ2v) is 5.51. The molecule has 0 spiro atoms. The van der Waals surface area contributed by atoms with Crippen LogP contribution in [0.5, 0.6) is 0 Å². The minimum absolute atomic E-state index is 0.122. The Morgan fingerprint density at radius 2 is 2.12 bits per heavy atom. The van der Waals surface area contributed by atoms with Crippen molar-refractivity contribution in [2.45, 2.75) is 34.1 Å². The first-order valence-corrected chi connectivity index (χ1v) is 6.50.